The Morgan fingerprint density at radius 1 is 0.967 bits per heavy atom. The van der Waals surface area contributed by atoms with Crippen molar-refractivity contribution in [3.63, 3.8) is 0 Å². The summed E-state index contributed by atoms with van der Waals surface area (Å²) in [7, 11) is 0. The van der Waals surface area contributed by atoms with Crippen LogP contribution in [0.3, 0.4) is 0 Å². The highest BCUT2D eigenvalue weighted by atomic mass is 19.4. The van der Waals surface area contributed by atoms with E-state index in [0.717, 1.165) is 30.9 Å². The molecule has 7 nitrogen and oxygen atoms in total. The van der Waals surface area contributed by atoms with Gasteiger partial charge in [0.15, 0.2) is 23.0 Å². The lowest BCUT2D eigenvalue weighted by molar-refractivity contribution is -0.141. The number of hydrogen-bond acceptors (Lipinski definition) is 5. The smallest absolute Gasteiger partial charge is 0.293 e. The van der Waals surface area contributed by atoms with Crippen LogP contribution in [0.4, 0.5) is 13.2 Å². The molecule has 0 unspecified atom stereocenters. The lowest BCUT2D eigenvalue weighted by atomic mass is 9.87. The normalized spacial score (nSPS) is 15.7. The summed E-state index contributed by atoms with van der Waals surface area (Å²) in [5.41, 5.74) is 0.672. The maximum absolute atomic E-state index is 13.1. The Kier molecular flexibility index (Phi) is 4.48. The Morgan fingerprint density at radius 3 is 2.60 bits per heavy atom. The van der Waals surface area contributed by atoms with E-state index in [2.05, 4.69) is 25.0 Å². The molecule has 1 aliphatic rings. The highest BCUT2D eigenvalue weighted by molar-refractivity contribution is 5.57. The van der Waals surface area contributed by atoms with Crippen molar-refractivity contribution in [2.24, 2.45) is 0 Å². The van der Waals surface area contributed by atoms with Gasteiger partial charge in [-0.3, -0.25) is 4.40 Å². The Morgan fingerprint density at radius 2 is 1.80 bits per heavy atom. The minimum atomic E-state index is -4.55. The molecule has 0 radical (unpaired) electrons. The van der Waals surface area contributed by atoms with Gasteiger partial charge in [0, 0.05) is 30.6 Å². The van der Waals surface area contributed by atoms with E-state index >= 15 is 0 Å². The first-order valence-corrected chi connectivity index (χ1v) is 9.79. The topological polar surface area (TPSA) is 73.8 Å². The van der Waals surface area contributed by atoms with Gasteiger partial charge in [-0.05, 0) is 18.9 Å². The lowest BCUT2D eigenvalue weighted by Gasteiger charge is -2.19. The van der Waals surface area contributed by atoms with Gasteiger partial charge < -0.3 is 0 Å². The van der Waals surface area contributed by atoms with E-state index in [9.17, 15) is 13.2 Å². The van der Waals surface area contributed by atoms with Crippen LogP contribution < -0.4 is 0 Å². The molecule has 4 aromatic heterocycles. The van der Waals surface area contributed by atoms with Gasteiger partial charge in [-0.2, -0.15) is 18.3 Å². The molecule has 0 amide bonds. The fraction of sp³-hybridized carbons (Fsp3) is 0.350. The van der Waals surface area contributed by atoms with Crippen molar-refractivity contribution in [2.45, 2.75) is 44.2 Å². The van der Waals surface area contributed by atoms with Crippen molar-refractivity contribution in [2.75, 3.05) is 0 Å². The molecule has 4 heterocycles. The average Bonchev–Trinajstić information content (AvgIpc) is 3.41. The fourth-order valence-corrected chi connectivity index (χ4v) is 3.88. The second-order valence-corrected chi connectivity index (χ2v) is 7.40. The van der Waals surface area contributed by atoms with Crippen molar-refractivity contribution in [3.8, 4) is 17.3 Å². The molecule has 1 aliphatic carbocycles. The van der Waals surface area contributed by atoms with Crippen LogP contribution >= 0.6 is 0 Å². The molecule has 10 heteroatoms. The SMILES string of the molecule is FC(F)(F)c1cn2c(-c3nccc(-n4ccc(C5CCCCC5)n4)n3)cnc2cn1. The summed E-state index contributed by atoms with van der Waals surface area (Å²) in [4.78, 5) is 16.3. The third-order valence-corrected chi connectivity index (χ3v) is 5.42. The van der Waals surface area contributed by atoms with Crippen LogP contribution in [0.1, 0.15) is 49.4 Å². The van der Waals surface area contributed by atoms with Gasteiger partial charge in [0.1, 0.15) is 5.69 Å². The molecule has 0 saturated heterocycles. The molecular weight excluding hydrogens is 395 g/mol. The number of rotatable bonds is 3. The molecule has 5 rings (SSSR count). The molecule has 1 saturated carbocycles. The molecule has 0 atom stereocenters. The Balaban J connectivity index is 1.50. The molecule has 0 N–H and O–H groups in total. The van der Waals surface area contributed by atoms with E-state index in [1.807, 2.05) is 12.3 Å². The van der Waals surface area contributed by atoms with Crippen molar-refractivity contribution >= 4 is 5.65 Å². The maximum atomic E-state index is 13.1. The van der Waals surface area contributed by atoms with Crippen LogP contribution in [0.15, 0.2) is 43.1 Å². The monoisotopic (exact) mass is 413 g/mol. The molecule has 0 aromatic carbocycles. The van der Waals surface area contributed by atoms with Crippen molar-refractivity contribution < 1.29 is 13.2 Å². The van der Waals surface area contributed by atoms with Gasteiger partial charge >= 0.3 is 6.18 Å². The summed E-state index contributed by atoms with van der Waals surface area (Å²) < 4.78 is 42.2. The minimum absolute atomic E-state index is 0.258. The number of imidazole rings is 1. The standard InChI is InChI=1S/C20H18F3N7/c21-20(22,23)16-12-29-15(10-26-18(29)11-25-16)19-24-8-6-17(27-19)30-9-7-14(28-30)13-4-2-1-3-5-13/h6-13H,1-5H2. The van der Waals surface area contributed by atoms with E-state index in [1.165, 1.54) is 29.9 Å². The first-order chi connectivity index (χ1) is 14.5. The van der Waals surface area contributed by atoms with E-state index in [0.29, 0.717) is 17.4 Å². The van der Waals surface area contributed by atoms with Gasteiger partial charge in [-0.15, -0.1) is 0 Å². The van der Waals surface area contributed by atoms with Crippen LogP contribution in [0.25, 0.3) is 23.0 Å². The average molecular weight is 413 g/mol. The van der Waals surface area contributed by atoms with Crippen molar-refractivity contribution in [1.82, 2.24) is 34.1 Å². The van der Waals surface area contributed by atoms with Crippen LogP contribution in [-0.4, -0.2) is 34.1 Å². The Bertz CT molecular complexity index is 1190. The molecule has 30 heavy (non-hydrogen) atoms. The highest BCUT2D eigenvalue weighted by Crippen LogP contribution is 2.32. The lowest BCUT2D eigenvalue weighted by Crippen LogP contribution is -2.10. The summed E-state index contributed by atoms with van der Waals surface area (Å²) in [6.07, 6.45) is 8.29. The molecule has 0 spiro atoms. The molecule has 0 aliphatic heterocycles. The Hall–Kier alpha value is -3.30. The summed E-state index contributed by atoms with van der Waals surface area (Å²) in [5.74, 6) is 1.27. The largest absolute Gasteiger partial charge is 0.434 e. The summed E-state index contributed by atoms with van der Waals surface area (Å²) >= 11 is 0. The molecular formula is C20H18F3N7. The van der Waals surface area contributed by atoms with Gasteiger partial charge in [0.25, 0.3) is 0 Å². The number of halogens is 3. The van der Waals surface area contributed by atoms with Crippen molar-refractivity contribution in [1.29, 1.82) is 0 Å². The zero-order valence-corrected chi connectivity index (χ0v) is 15.9. The number of nitrogens with zero attached hydrogens (tertiary/aromatic N) is 7. The van der Waals surface area contributed by atoms with Crippen LogP contribution in [-0.2, 0) is 6.18 Å². The number of fused-ring (bicyclic) bond motifs is 1. The predicted octanol–water partition coefficient (Wildman–Crippen LogP) is 4.44. The van der Waals surface area contributed by atoms with E-state index in [1.54, 1.807) is 16.9 Å². The number of aromatic nitrogens is 7. The molecule has 4 aromatic rings. The zero-order chi connectivity index (χ0) is 20.7. The van der Waals surface area contributed by atoms with Crippen LogP contribution in [0.2, 0.25) is 0 Å². The first kappa shape index (κ1) is 18.7. The highest BCUT2D eigenvalue weighted by Gasteiger charge is 2.33. The van der Waals surface area contributed by atoms with E-state index in [4.69, 9.17) is 0 Å². The minimum Gasteiger partial charge on any atom is -0.293 e. The van der Waals surface area contributed by atoms with E-state index < -0.39 is 11.9 Å². The second-order valence-electron chi connectivity index (χ2n) is 7.40. The predicted molar refractivity (Wildman–Crippen MR) is 102 cm³/mol. The zero-order valence-electron chi connectivity index (χ0n) is 15.9. The third kappa shape index (κ3) is 3.42. The second kappa shape index (κ2) is 7.19. The van der Waals surface area contributed by atoms with Crippen LogP contribution in [0, 0.1) is 0 Å². The summed E-state index contributed by atoms with van der Waals surface area (Å²) in [6.45, 7) is 0. The van der Waals surface area contributed by atoms with Crippen LogP contribution in [0.5, 0.6) is 0 Å². The van der Waals surface area contributed by atoms with E-state index in [-0.39, 0.29) is 11.5 Å². The fourth-order valence-electron chi connectivity index (χ4n) is 3.88. The van der Waals surface area contributed by atoms with Gasteiger partial charge in [0.2, 0.25) is 0 Å². The molecule has 154 valence electrons. The molecule has 1 fully saturated rings. The Labute approximate surface area is 169 Å². The van der Waals surface area contributed by atoms with Crippen molar-refractivity contribution in [3.05, 3.63) is 54.5 Å². The summed E-state index contributed by atoms with van der Waals surface area (Å²) in [6, 6.07) is 3.72. The van der Waals surface area contributed by atoms with Gasteiger partial charge in [-0.25, -0.2) is 24.6 Å². The number of alkyl halides is 3. The summed E-state index contributed by atoms with van der Waals surface area (Å²) in [5, 5.41) is 4.68. The maximum Gasteiger partial charge on any atom is 0.434 e. The first-order valence-electron chi connectivity index (χ1n) is 9.79. The number of hydrogen-bond donors (Lipinski definition) is 0. The van der Waals surface area contributed by atoms with Gasteiger partial charge in [0.05, 0.1) is 18.1 Å². The third-order valence-electron chi connectivity index (χ3n) is 5.42. The van der Waals surface area contributed by atoms with Gasteiger partial charge in [-0.1, -0.05) is 19.3 Å². The molecule has 0 bridgehead atoms. The quantitative estimate of drug-likeness (QED) is 0.497.